The molecule has 0 unspecified atom stereocenters. The van der Waals surface area contributed by atoms with E-state index in [0.29, 0.717) is 31.7 Å². The fraction of sp³-hybridized carbons (Fsp3) is 0.529. The number of ether oxygens (including phenoxy) is 2. The van der Waals surface area contributed by atoms with Crippen LogP contribution in [-0.2, 0) is 14.3 Å². The van der Waals surface area contributed by atoms with Crippen LogP contribution in [0, 0.1) is 16.0 Å². The lowest BCUT2D eigenvalue weighted by Gasteiger charge is -2.34. The fourth-order valence-corrected chi connectivity index (χ4v) is 3.00. The number of carbonyl (C=O) groups is 2. The minimum Gasteiger partial charge on any atom is -0.495 e. The van der Waals surface area contributed by atoms with Gasteiger partial charge in [0.2, 0.25) is 5.91 Å². The first-order valence-corrected chi connectivity index (χ1v) is 8.32. The summed E-state index contributed by atoms with van der Waals surface area (Å²) in [6.07, 6.45) is 1.26. The summed E-state index contributed by atoms with van der Waals surface area (Å²) in [7, 11) is 2.80. The van der Waals surface area contributed by atoms with Crippen molar-refractivity contribution in [2.24, 2.45) is 5.92 Å². The van der Waals surface area contributed by atoms with Crippen molar-refractivity contribution in [2.75, 3.05) is 32.6 Å². The summed E-state index contributed by atoms with van der Waals surface area (Å²) in [5.74, 6) is -0.299. The average Bonchev–Trinajstić information content (AvgIpc) is 2.66. The van der Waals surface area contributed by atoms with Crippen LogP contribution in [0.1, 0.15) is 19.8 Å². The molecule has 1 heterocycles. The van der Waals surface area contributed by atoms with Gasteiger partial charge in [-0.05, 0) is 38.9 Å². The first-order chi connectivity index (χ1) is 12.4. The highest BCUT2D eigenvalue weighted by molar-refractivity contribution is 5.96. The van der Waals surface area contributed by atoms with Crippen LogP contribution in [0.15, 0.2) is 18.2 Å². The molecule has 1 fully saturated rings. The third-order valence-electron chi connectivity index (χ3n) is 4.64. The van der Waals surface area contributed by atoms with E-state index < -0.39 is 11.0 Å². The van der Waals surface area contributed by atoms with Crippen LogP contribution >= 0.6 is 0 Å². The number of nitro groups is 1. The maximum Gasteiger partial charge on any atom is 0.308 e. The molecule has 1 N–H and O–H groups in total. The molecule has 142 valence electrons. The quantitative estimate of drug-likeness (QED) is 0.465. The number of piperidine rings is 1. The predicted octanol–water partition coefficient (Wildman–Crippen LogP) is 1.82. The monoisotopic (exact) mass is 365 g/mol. The molecule has 0 aromatic heterocycles. The number of amides is 1. The number of rotatable bonds is 6. The Bertz CT molecular complexity index is 685. The Labute approximate surface area is 151 Å². The molecule has 26 heavy (non-hydrogen) atoms. The molecule has 1 aliphatic rings. The number of likely N-dealkylation sites (tertiary alicyclic amines) is 1. The number of hydrogen-bond acceptors (Lipinski definition) is 7. The number of carbonyl (C=O) groups excluding carboxylic acids is 2. The zero-order valence-electron chi connectivity index (χ0n) is 15.1. The van der Waals surface area contributed by atoms with Gasteiger partial charge in [-0.2, -0.15) is 0 Å². The first kappa shape index (κ1) is 19.6. The van der Waals surface area contributed by atoms with Crippen LogP contribution in [0.4, 0.5) is 11.4 Å². The summed E-state index contributed by atoms with van der Waals surface area (Å²) < 4.78 is 9.92. The van der Waals surface area contributed by atoms with E-state index in [2.05, 4.69) is 5.32 Å². The van der Waals surface area contributed by atoms with E-state index in [9.17, 15) is 19.7 Å². The van der Waals surface area contributed by atoms with Crippen LogP contribution < -0.4 is 10.1 Å². The molecule has 9 heteroatoms. The van der Waals surface area contributed by atoms with Crippen LogP contribution in [0.3, 0.4) is 0 Å². The zero-order chi connectivity index (χ0) is 19.3. The highest BCUT2D eigenvalue weighted by Gasteiger charge is 2.30. The maximum atomic E-state index is 12.6. The molecule has 1 saturated heterocycles. The molecule has 0 radical (unpaired) electrons. The molecule has 9 nitrogen and oxygen atoms in total. The van der Waals surface area contributed by atoms with Gasteiger partial charge in [0.25, 0.3) is 5.69 Å². The number of benzene rings is 1. The third kappa shape index (κ3) is 4.48. The summed E-state index contributed by atoms with van der Waals surface area (Å²) in [6.45, 7) is 2.96. The Morgan fingerprint density at radius 1 is 1.31 bits per heavy atom. The van der Waals surface area contributed by atoms with Gasteiger partial charge in [-0.3, -0.25) is 24.6 Å². The molecule has 0 spiro atoms. The minimum atomic E-state index is -0.532. The lowest BCUT2D eigenvalue weighted by molar-refractivity contribution is -0.384. The van der Waals surface area contributed by atoms with Crippen LogP contribution in [0.5, 0.6) is 5.75 Å². The maximum absolute atomic E-state index is 12.6. The van der Waals surface area contributed by atoms with Crippen molar-refractivity contribution in [1.29, 1.82) is 0 Å². The zero-order valence-corrected chi connectivity index (χ0v) is 15.1. The van der Waals surface area contributed by atoms with Crippen molar-refractivity contribution in [3.05, 3.63) is 28.3 Å². The van der Waals surface area contributed by atoms with Crippen molar-refractivity contribution in [3.63, 3.8) is 0 Å². The minimum absolute atomic E-state index is 0.132. The first-order valence-electron chi connectivity index (χ1n) is 8.32. The number of anilines is 1. The van der Waals surface area contributed by atoms with Gasteiger partial charge in [0.15, 0.2) is 0 Å². The van der Waals surface area contributed by atoms with E-state index in [4.69, 9.17) is 9.47 Å². The van der Waals surface area contributed by atoms with Crippen molar-refractivity contribution < 1.29 is 24.0 Å². The molecule has 2 rings (SSSR count). The van der Waals surface area contributed by atoms with Gasteiger partial charge in [-0.15, -0.1) is 0 Å². The highest BCUT2D eigenvalue weighted by atomic mass is 16.6. The van der Waals surface area contributed by atoms with Gasteiger partial charge < -0.3 is 14.8 Å². The molecule has 1 aromatic carbocycles. The summed E-state index contributed by atoms with van der Waals surface area (Å²) in [5, 5.41) is 13.6. The summed E-state index contributed by atoms with van der Waals surface area (Å²) in [4.78, 5) is 36.5. The highest BCUT2D eigenvalue weighted by Crippen LogP contribution is 2.29. The molecule has 1 aliphatic heterocycles. The molecular weight excluding hydrogens is 342 g/mol. The molecular formula is C17H23N3O6. The lowest BCUT2D eigenvalue weighted by atomic mass is 9.96. The van der Waals surface area contributed by atoms with Crippen molar-refractivity contribution in [2.45, 2.75) is 25.8 Å². The van der Waals surface area contributed by atoms with E-state index >= 15 is 0 Å². The molecule has 1 amide bonds. The van der Waals surface area contributed by atoms with Gasteiger partial charge in [0.1, 0.15) is 5.75 Å². The number of nitrogens with zero attached hydrogens (tertiary/aromatic N) is 2. The number of non-ortho nitro benzene ring substituents is 1. The fourth-order valence-electron chi connectivity index (χ4n) is 3.00. The second-order valence-electron chi connectivity index (χ2n) is 6.14. The van der Waals surface area contributed by atoms with E-state index in [0.717, 1.165) is 0 Å². The molecule has 0 aliphatic carbocycles. The molecule has 0 saturated carbocycles. The Balaban J connectivity index is 2.02. The summed E-state index contributed by atoms with van der Waals surface area (Å²) in [5.41, 5.74) is 0.121. The molecule has 0 bridgehead atoms. The third-order valence-corrected chi connectivity index (χ3v) is 4.64. The van der Waals surface area contributed by atoms with E-state index in [1.165, 1.54) is 32.4 Å². The molecule has 1 atom stereocenters. The number of nitro benzene ring substituents is 1. The lowest BCUT2D eigenvalue weighted by Crippen LogP contribution is -2.47. The van der Waals surface area contributed by atoms with E-state index in [1.807, 2.05) is 4.90 Å². The Hall–Kier alpha value is -2.68. The van der Waals surface area contributed by atoms with Gasteiger partial charge in [0.05, 0.1) is 36.8 Å². The Kier molecular flexibility index (Phi) is 6.51. The normalized spacial score (nSPS) is 16.6. The van der Waals surface area contributed by atoms with E-state index in [1.54, 1.807) is 6.92 Å². The Morgan fingerprint density at radius 2 is 1.96 bits per heavy atom. The largest absolute Gasteiger partial charge is 0.495 e. The van der Waals surface area contributed by atoms with Gasteiger partial charge >= 0.3 is 5.97 Å². The summed E-state index contributed by atoms with van der Waals surface area (Å²) in [6, 6.07) is 3.58. The average molecular weight is 365 g/mol. The van der Waals surface area contributed by atoms with Gasteiger partial charge in [-0.1, -0.05) is 0 Å². The molecule has 1 aromatic rings. The van der Waals surface area contributed by atoms with Crippen LogP contribution in [0.2, 0.25) is 0 Å². The van der Waals surface area contributed by atoms with Crippen molar-refractivity contribution in [3.8, 4) is 5.75 Å². The standard InChI is InChI=1S/C17H23N3O6/c1-11(19-8-6-12(7-9-19)17(22)26-3)16(21)18-14-10-13(20(23)24)4-5-15(14)25-2/h4-5,10-12H,6-9H2,1-3H3,(H,18,21)/t11-/m0/s1. The smallest absolute Gasteiger partial charge is 0.308 e. The SMILES string of the molecule is COC(=O)C1CCN([C@@H](C)C(=O)Nc2cc([N+](=O)[O-])ccc2OC)CC1. The van der Waals surface area contributed by atoms with Gasteiger partial charge in [0, 0.05) is 12.1 Å². The number of nitrogens with one attached hydrogen (secondary N) is 1. The Morgan fingerprint density at radius 3 is 2.50 bits per heavy atom. The van der Waals surface area contributed by atoms with E-state index in [-0.39, 0.29) is 29.2 Å². The topological polar surface area (TPSA) is 111 Å². The van der Waals surface area contributed by atoms with Crippen LogP contribution in [-0.4, -0.2) is 55.1 Å². The van der Waals surface area contributed by atoms with Crippen molar-refractivity contribution in [1.82, 2.24) is 4.90 Å². The predicted molar refractivity (Wildman–Crippen MR) is 94.1 cm³/mol. The van der Waals surface area contributed by atoms with Crippen LogP contribution in [0.25, 0.3) is 0 Å². The van der Waals surface area contributed by atoms with Gasteiger partial charge in [-0.25, -0.2) is 0 Å². The second kappa shape index (κ2) is 8.61. The number of hydrogen-bond donors (Lipinski definition) is 1. The van der Waals surface area contributed by atoms with Crippen molar-refractivity contribution >= 4 is 23.3 Å². The summed E-state index contributed by atoms with van der Waals surface area (Å²) >= 11 is 0. The number of esters is 1. The second-order valence-corrected chi connectivity index (χ2v) is 6.14. The number of methoxy groups -OCH3 is 2.